The first-order chi connectivity index (χ1) is 35.8. The molecule has 1 saturated carbocycles. The van der Waals surface area contributed by atoms with Crippen LogP contribution in [0.5, 0.6) is 0 Å². The summed E-state index contributed by atoms with van der Waals surface area (Å²) in [4.78, 5) is 5.64. The van der Waals surface area contributed by atoms with Crippen molar-refractivity contribution in [3.63, 3.8) is 0 Å². The summed E-state index contributed by atoms with van der Waals surface area (Å²) in [6.07, 6.45) is 12.7. The molecule has 386 valence electrons. The third kappa shape index (κ3) is 6.64. The van der Waals surface area contributed by atoms with Crippen LogP contribution in [0.25, 0.3) is 26.8 Å². The van der Waals surface area contributed by atoms with Gasteiger partial charge in [0, 0.05) is 54.2 Å². The number of allylic oxidation sites excluding steroid dienone is 3. The van der Waals surface area contributed by atoms with Crippen LogP contribution in [0.3, 0.4) is 0 Å². The highest BCUT2D eigenvalue weighted by Gasteiger charge is 2.53. The molecule has 0 bridgehead atoms. The largest absolute Gasteiger partial charge is 0.311 e. The first kappa shape index (κ1) is 48.8. The highest BCUT2D eigenvalue weighted by Crippen LogP contribution is 2.61. The number of rotatable bonds is 3. The maximum absolute atomic E-state index is 2.83. The standard InChI is InChI=1S/C72H79BN2S/c1-42-34-59-63-60(35-42)75(56-27-21-26-48-62(56)44-24-19-20-25-47(44)72(48,14)15)64-46-37-50-54(71(12,13)33-29-67(50,4)5)41-61(46)76-65(64)73(63)55-38-51-53(70(10,11)32-30-68(51,6)7)40-58(55)74(59)57-39-52-49(66(2,3)28-31-69(52,8)9)36-45(57)43-22-17-16-18-23-43/h16-27,34-41,49,52H,28-33H2,1-15H3. The summed E-state index contributed by atoms with van der Waals surface area (Å²) < 4.78 is 2.90. The molecule has 1 aromatic heterocycles. The summed E-state index contributed by atoms with van der Waals surface area (Å²) in [6.45, 7) is 37.6. The molecule has 5 aliphatic carbocycles. The van der Waals surface area contributed by atoms with Crippen LogP contribution >= 0.6 is 11.3 Å². The number of hydrogen-bond acceptors (Lipinski definition) is 3. The van der Waals surface area contributed by atoms with Gasteiger partial charge in [0.2, 0.25) is 0 Å². The summed E-state index contributed by atoms with van der Waals surface area (Å²) in [5, 5.41) is 1.40. The minimum Gasteiger partial charge on any atom is -0.311 e. The van der Waals surface area contributed by atoms with Crippen molar-refractivity contribution in [2.24, 2.45) is 22.7 Å². The van der Waals surface area contributed by atoms with Crippen LogP contribution in [0.15, 0.2) is 127 Å². The molecule has 0 amide bonds. The van der Waals surface area contributed by atoms with E-state index in [0.717, 1.165) is 0 Å². The van der Waals surface area contributed by atoms with E-state index in [1.807, 2.05) is 0 Å². The lowest BCUT2D eigenvalue weighted by Crippen LogP contribution is -2.61. The van der Waals surface area contributed by atoms with E-state index in [4.69, 9.17) is 0 Å². The number of benzene rings is 6. The van der Waals surface area contributed by atoms with Crippen molar-refractivity contribution in [2.45, 2.75) is 169 Å². The quantitative estimate of drug-likeness (QED) is 0.163. The molecule has 2 unspecified atom stereocenters. The highest BCUT2D eigenvalue weighted by atomic mass is 32.1. The van der Waals surface area contributed by atoms with Gasteiger partial charge in [0.25, 0.3) is 6.71 Å². The van der Waals surface area contributed by atoms with Gasteiger partial charge in [0.15, 0.2) is 0 Å². The third-order valence-electron chi connectivity index (χ3n) is 21.5. The van der Waals surface area contributed by atoms with Crippen LogP contribution in [-0.2, 0) is 27.1 Å². The Morgan fingerprint density at radius 3 is 1.70 bits per heavy atom. The molecule has 14 rings (SSSR count). The Morgan fingerprint density at radius 1 is 0.487 bits per heavy atom. The average molecular weight is 1020 g/mol. The van der Waals surface area contributed by atoms with Crippen molar-refractivity contribution in [2.75, 3.05) is 9.80 Å². The molecule has 0 saturated heterocycles. The predicted octanol–water partition coefficient (Wildman–Crippen LogP) is 18.0. The molecule has 4 heteroatoms. The summed E-state index contributed by atoms with van der Waals surface area (Å²) >= 11 is 2.10. The van der Waals surface area contributed by atoms with Crippen LogP contribution < -0.4 is 25.5 Å². The van der Waals surface area contributed by atoms with Gasteiger partial charge in [0.1, 0.15) is 0 Å². The Labute approximate surface area is 459 Å². The van der Waals surface area contributed by atoms with Crippen LogP contribution in [0.2, 0.25) is 0 Å². The van der Waals surface area contributed by atoms with Gasteiger partial charge in [-0.05, 0) is 187 Å². The molecule has 3 heterocycles. The minimum absolute atomic E-state index is 0.0334. The second-order valence-electron chi connectivity index (χ2n) is 29.4. The van der Waals surface area contributed by atoms with E-state index in [1.165, 1.54) is 160 Å². The van der Waals surface area contributed by atoms with E-state index >= 15 is 0 Å². The van der Waals surface area contributed by atoms with Crippen molar-refractivity contribution in [1.29, 1.82) is 0 Å². The van der Waals surface area contributed by atoms with Gasteiger partial charge in [-0.15, -0.1) is 11.3 Å². The van der Waals surface area contributed by atoms with Crippen LogP contribution in [0.4, 0.5) is 28.4 Å². The third-order valence-corrected chi connectivity index (χ3v) is 22.7. The van der Waals surface area contributed by atoms with Crippen LogP contribution in [-0.4, -0.2) is 6.71 Å². The maximum atomic E-state index is 2.83. The van der Waals surface area contributed by atoms with Gasteiger partial charge >= 0.3 is 0 Å². The van der Waals surface area contributed by atoms with E-state index in [1.54, 1.807) is 0 Å². The Balaban J connectivity index is 1.14. The van der Waals surface area contributed by atoms with E-state index in [0.29, 0.717) is 11.8 Å². The number of nitrogens with zero attached hydrogens (tertiary/aromatic N) is 2. The molecule has 6 aromatic carbocycles. The van der Waals surface area contributed by atoms with Gasteiger partial charge in [0.05, 0.1) is 11.4 Å². The molecular formula is C72H79BN2S. The fraction of sp³-hybridized carbons (Fsp3) is 0.417. The number of anilines is 5. The summed E-state index contributed by atoms with van der Waals surface area (Å²) in [5.74, 6) is 0.806. The van der Waals surface area contributed by atoms with Crippen molar-refractivity contribution >= 4 is 77.8 Å². The molecular weight excluding hydrogens is 936 g/mol. The maximum Gasteiger partial charge on any atom is 0.264 e. The SMILES string of the molecule is Cc1cc2c3c(c1)N(c1cccc4c1-c1ccccc1C4(C)C)c1c(sc4cc5c(cc14)C(C)(C)CCC5(C)C)B3c1cc3c(cc1N2C1=CC2C(C=C1c1ccccc1)C(C)(C)CCC2(C)C)C(C)(C)CCC3(C)C. The molecule has 7 aromatic rings. The Hall–Kier alpha value is -5.58. The Bertz CT molecular complexity index is 3740. The van der Waals surface area contributed by atoms with Crippen molar-refractivity contribution in [1.82, 2.24) is 0 Å². The molecule has 1 fully saturated rings. The number of hydrogen-bond donors (Lipinski definition) is 0. The Kier molecular flexibility index (Phi) is 10.0. The van der Waals surface area contributed by atoms with Crippen molar-refractivity contribution in [3.05, 3.63) is 172 Å². The lowest BCUT2D eigenvalue weighted by Gasteiger charge is -2.53. The molecule has 0 spiro atoms. The smallest absolute Gasteiger partial charge is 0.264 e. The van der Waals surface area contributed by atoms with E-state index in [9.17, 15) is 0 Å². The van der Waals surface area contributed by atoms with Gasteiger partial charge < -0.3 is 9.80 Å². The van der Waals surface area contributed by atoms with Gasteiger partial charge in [-0.25, -0.2) is 0 Å². The number of fused-ring (bicyclic) bond motifs is 12. The fourth-order valence-corrected chi connectivity index (χ4v) is 17.7. The molecule has 76 heavy (non-hydrogen) atoms. The monoisotopic (exact) mass is 1010 g/mol. The number of thiophene rings is 1. The van der Waals surface area contributed by atoms with Crippen molar-refractivity contribution in [3.8, 4) is 11.1 Å². The average Bonchev–Trinajstić information content (AvgIpc) is 3.89. The van der Waals surface area contributed by atoms with Gasteiger partial charge in [-0.2, -0.15) is 0 Å². The fourth-order valence-electron chi connectivity index (χ4n) is 16.4. The molecule has 0 radical (unpaired) electrons. The number of aryl methyl sites for hydroxylation is 1. The molecule has 2 nitrogen and oxygen atoms in total. The first-order valence-corrected chi connectivity index (χ1v) is 29.9. The summed E-state index contributed by atoms with van der Waals surface area (Å²) in [7, 11) is 0. The van der Waals surface area contributed by atoms with E-state index in [-0.39, 0.29) is 44.6 Å². The Morgan fingerprint density at radius 2 is 1.04 bits per heavy atom. The van der Waals surface area contributed by atoms with Gasteiger partial charge in [-0.3, -0.25) is 0 Å². The highest BCUT2D eigenvalue weighted by molar-refractivity contribution is 7.33. The van der Waals surface area contributed by atoms with Crippen LogP contribution in [0.1, 0.15) is 180 Å². The lowest BCUT2D eigenvalue weighted by molar-refractivity contribution is 0.0332. The van der Waals surface area contributed by atoms with Crippen molar-refractivity contribution < 1.29 is 0 Å². The predicted molar refractivity (Wildman–Crippen MR) is 329 cm³/mol. The molecule has 2 aliphatic heterocycles. The zero-order chi connectivity index (χ0) is 53.2. The summed E-state index contributed by atoms with van der Waals surface area (Å²) in [6, 6.07) is 44.0. The molecule has 7 aliphatic rings. The lowest BCUT2D eigenvalue weighted by atomic mass is 9.35. The van der Waals surface area contributed by atoms with E-state index < -0.39 is 0 Å². The van der Waals surface area contributed by atoms with E-state index in [2.05, 4.69) is 246 Å². The summed E-state index contributed by atoms with van der Waals surface area (Å²) in [5.41, 5.74) is 27.1. The zero-order valence-corrected chi connectivity index (χ0v) is 49.1. The zero-order valence-electron chi connectivity index (χ0n) is 48.3. The molecule has 2 atom stereocenters. The second kappa shape index (κ2) is 15.6. The topological polar surface area (TPSA) is 6.48 Å². The second-order valence-corrected chi connectivity index (χ2v) is 30.5. The first-order valence-electron chi connectivity index (χ1n) is 29.1. The van der Waals surface area contributed by atoms with Gasteiger partial charge in [-0.1, -0.05) is 182 Å². The molecule has 0 N–H and O–H groups in total. The normalized spacial score (nSPS) is 23.7. The minimum atomic E-state index is -0.136. The van der Waals surface area contributed by atoms with Crippen LogP contribution in [0, 0.1) is 29.6 Å².